The van der Waals surface area contributed by atoms with E-state index in [4.69, 9.17) is 4.74 Å². The van der Waals surface area contributed by atoms with Crippen molar-refractivity contribution in [2.75, 3.05) is 0 Å². The minimum Gasteiger partial charge on any atom is -0.457 e. The second-order valence-electron chi connectivity index (χ2n) is 3.42. The summed E-state index contributed by atoms with van der Waals surface area (Å²) >= 11 is 0. The lowest BCUT2D eigenvalue weighted by atomic mass is 10.3. The van der Waals surface area contributed by atoms with Crippen LogP contribution in [-0.2, 0) is 4.74 Å². The Morgan fingerprint density at radius 3 is 1.94 bits per heavy atom. The third-order valence-corrected chi connectivity index (χ3v) is 1.67. The van der Waals surface area contributed by atoms with Gasteiger partial charge >= 0.3 is 0 Å². The van der Waals surface area contributed by atoms with E-state index in [9.17, 15) is 0 Å². The summed E-state index contributed by atoms with van der Waals surface area (Å²) < 4.78 is 5.59. The van der Waals surface area contributed by atoms with E-state index in [2.05, 4.69) is 13.2 Å². The first-order chi connectivity index (χ1) is 7.63. The third-order valence-electron chi connectivity index (χ3n) is 1.67. The predicted molar refractivity (Wildman–Crippen MR) is 71.9 cm³/mol. The number of hydrogen-bond acceptors (Lipinski definition) is 1. The van der Waals surface area contributed by atoms with Crippen molar-refractivity contribution in [2.24, 2.45) is 0 Å². The smallest absolute Gasteiger partial charge is 0.126 e. The van der Waals surface area contributed by atoms with Crippen molar-refractivity contribution in [3.8, 4) is 0 Å². The van der Waals surface area contributed by atoms with E-state index >= 15 is 0 Å². The first kappa shape index (κ1) is 14.2. The molecule has 1 nitrogen and oxygen atoms in total. The fourth-order valence-corrected chi connectivity index (χ4v) is 0.863. The SMILES string of the molecule is C=C/C(=C\C=C(C)C)O/C(C=C)=C/C=C\C. The Balaban J connectivity index is 4.76. The summed E-state index contributed by atoms with van der Waals surface area (Å²) in [5.41, 5.74) is 1.21. The lowest BCUT2D eigenvalue weighted by Gasteiger charge is -2.05. The summed E-state index contributed by atoms with van der Waals surface area (Å²) in [4.78, 5) is 0. The van der Waals surface area contributed by atoms with Gasteiger partial charge < -0.3 is 4.74 Å². The van der Waals surface area contributed by atoms with Crippen molar-refractivity contribution < 1.29 is 4.74 Å². The Hall–Kier alpha value is -1.76. The molecule has 0 fully saturated rings. The van der Waals surface area contributed by atoms with Crippen LogP contribution in [0.1, 0.15) is 20.8 Å². The topological polar surface area (TPSA) is 9.23 Å². The van der Waals surface area contributed by atoms with Crippen LogP contribution in [0.5, 0.6) is 0 Å². The zero-order valence-corrected chi connectivity index (χ0v) is 10.4. The molecule has 1 heteroatoms. The van der Waals surface area contributed by atoms with Gasteiger partial charge in [-0.15, -0.1) is 0 Å². The summed E-state index contributed by atoms with van der Waals surface area (Å²) in [6.07, 6.45) is 12.9. The van der Waals surface area contributed by atoms with E-state index in [-0.39, 0.29) is 0 Å². The van der Waals surface area contributed by atoms with Crippen LogP contribution < -0.4 is 0 Å². The molecule has 0 unspecified atom stereocenters. The van der Waals surface area contributed by atoms with E-state index < -0.39 is 0 Å². The Morgan fingerprint density at radius 1 is 0.938 bits per heavy atom. The molecule has 16 heavy (non-hydrogen) atoms. The molecular formula is C15H20O. The minimum atomic E-state index is 0.700. The first-order valence-electron chi connectivity index (χ1n) is 5.25. The summed E-state index contributed by atoms with van der Waals surface area (Å²) in [5.74, 6) is 1.41. The van der Waals surface area contributed by atoms with Crippen LogP contribution in [0.15, 0.2) is 72.8 Å². The molecule has 0 bridgehead atoms. The molecule has 0 aliphatic carbocycles. The number of allylic oxidation sites excluding steroid dienone is 8. The van der Waals surface area contributed by atoms with Gasteiger partial charge in [-0.1, -0.05) is 37.0 Å². The standard InChI is InChI=1S/C15H20O/c1-6-9-10-14(7-2)16-15(8-3)12-11-13(4)5/h6-12H,2-3H2,1,4-5H3/b9-6-,14-10+,15-12+. The summed E-state index contributed by atoms with van der Waals surface area (Å²) in [5, 5.41) is 0. The highest BCUT2D eigenvalue weighted by Gasteiger charge is 1.94. The second-order valence-corrected chi connectivity index (χ2v) is 3.42. The molecule has 0 N–H and O–H groups in total. The van der Waals surface area contributed by atoms with Crippen molar-refractivity contribution in [1.82, 2.24) is 0 Å². The molecule has 0 radical (unpaired) electrons. The van der Waals surface area contributed by atoms with Crippen molar-refractivity contribution in [3.05, 3.63) is 72.8 Å². The lowest BCUT2D eigenvalue weighted by molar-refractivity contribution is 0.337. The number of hydrogen-bond donors (Lipinski definition) is 0. The fraction of sp³-hybridized carbons (Fsp3) is 0.200. The van der Waals surface area contributed by atoms with Crippen molar-refractivity contribution in [3.63, 3.8) is 0 Å². The zero-order valence-electron chi connectivity index (χ0n) is 10.4. The zero-order chi connectivity index (χ0) is 12.4. The van der Waals surface area contributed by atoms with Gasteiger partial charge in [0.25, 0.3) is 0 Å². The maximum atomic E-state index is 5.59. The fourth-order valence-electron chi connectivity index (χ4n) is 0.863. The summed E-state index contributed by atoms with van der Waals surface area (Å²) in [7, 11) is 0. The van der Waals surface area contributed by atoms with Gasteiger partial charge in [0.1, 0.15) is 11.5 Å². The van der Waals surface area contributed by atoms with Crippen LogP contribution in [0.2, 0.25) is 0 Å². The highest BCUT2D eigenvalue weighted by molar-refractivity contribution is 5.24. The van der Waals surface area contributed by atoms with Gasteiger partial charge in [-0.2, -0.15) is 0 Å². The maximum Gasteiger partial charge on any atom is 0.126 e. The average Bonchev–Trinajstić information content (AvgIpc) is 2.28. The van der Waals surface area contributed by atoms with E-state index in [1.807, 2.05) is 51.2 Å². The Morgan fingerprint density at radius 2 is 1.50 bits per heavy atom. The maximum absolute atomic E-state index is 5.59. The molecule has 0 saturated carbocycles. The minimum absolute atomic E-state index is 0.700. The molecule has 86 valence electrons. The van der Waals surface area contributed by atoms with E-state index in [0.717, 1.165) is 0 Å². The Bertz CT molecular complexity index is 348. The predicted octanol–water partition coefficient (Wildman–Crippen LogP) is 4.69. The van der Waals surface area contributed by atoms with Crippen LogP contribution in [0.25, 0.3) is 0 Å². The Kier molecular flexibility index (Phi) is 7.60. The van der Waals surface area contributed by atoms with Gasteiger partial charge in [0, 0.05) is 0 Å². The molecule has 0 aromatic rings. The van der Waals surface area contributed by atoms with Gasteiger partial charge in [0.15, 0.2) is 0 Å². The number of ether oxygens (including phenoxy) is 1. The molecule has 0 saturated heterocycles. The molecule has 0 rings (SSSR count). The van der Waals surface area contributed by atoms with Crippen LogP contribution in [0.3, 0.4) is 0 Å². The van der Waals surface area contributed by atoms with E-state index in [1.165, 1.54) is 5.57 Å². The summed E-state index contributed by atoms with van der Waals surface area (Å²) in [6, 6.07) is 0. The van der Waals surface area contributed by atoms with Gasteiger partial charge in [-0.3, -0.25) is 0 Å². The summed E-state index contributed by atoms with van der Waals surface area (Å²) in [6.45, 7) is 13.4. The normalized spacial score (nSPS) is 12.4. The van der Waals surface area contributed by atoms with Crippen molar-refractivity contribution in [2.45, 2.75) is 20.8 Å². The monoisotopic (exact) mass is 216 g/mol. The third kappa shape index (κ3) is 6.66. The van der Waals surface area contributed by atoms with Gasteiger partial charge in [-0.05, 0) is 45.1 Å². The van der Waals surface area contributed by atoms with Crippen LogP contribution in [0, 0.1) is 0 Å². The van der Waals surface area contributed by atoms with E-state index in [0.29, 0.717) is 11.5 Å². The molecular weight excluding hydrogens is 196 g/mol. The molecule has 0 aromatic carbocycles. The van der Waals surface area contributed by atoms with Crippen molar-refractivity contribution in [1.29, 1.82) is 0 Å². The largest absolute Gasteiger partial charge is 0.457 e. The van der Waals surface area contributed by atoms with E-state index in [1.54, 1.807) is 12.2 Å². The molecule has 0 atom stereocenters. The molecule has 0 aromatic heterocycles. The van der Waals surface area contributed by atoms with Crippen LogP contribution in [0.4, 0.5) is 0 Å². The molecule has 0 aliphatic heterocycles. The molecule has 0 spiro atoms. The molecule has 0 heterocycles. The van der Waals surface area contributed by atoms with Gasteiger partial charge in [0.05, 0.1) is 0 Å². The highest BCUT2D eigenvalue weighted by atomic mass is 16.5. The molecule has 0 aliphatic rings. The second kappa shape index (κ2) is 8.54. The van der Waals surface area contributed by atoms with Gasteiger partial charge in [0.2, 0.25) is 0 Å². The Labute approximate surface area is 98.8 Å². The van der Waals surface area contributed by atoms with Crippen molar-refractivity contribution >= 4 is 0 Å². The lowest BCUT2D eigenvalue weighted by Crippen LogP contribution is -1.87. The average molecular weight is 216 g/mol. The highest BCUT2D eigenvalue weighted by Crippen LogP contribution is 2.09. The molecule has 0 amide bonds. The quantitative estimate of drug-likeness (QED) is 0.462. The van der Waals surface area contributed by atoms with Crippen LogP contribution in [-0.4, -0.2) is 0 Å². The first-order valence-corrected chi connectivity index (χ1v) is 5.25. The van der Waals surface area contributed by atoms with Gasteiger partial charge in [-0.25, -0.2) is 0 Å². The van der Waals surface area contributed by atoms with Crippen LogP contribution >= 0.6 is 0 Å². The number of rotatable bonds is 6.